The molecule has 2 fully saturated rings. The van der Waals surface area contributed by atoms with E-state index in [1.165, 1.54) is 4.90 Å². The minimum Gasteiger partial charge on any atom is -0.457 e. The second-order valence-electron chi connectivity index (χ2n) is 9.29. The molecule has 3 rings (SSSR count). The first-order valence-corrected chi connectivity index (χ1v) is 11.3. The molecular formula is C24H32N2O8. The van der Waals surface area contributed by atoms with Crippen molar-refractivity contribution in [2.75, 3.05) is 38.3 Å². The molecule has 2 amide bonds. The first kappa shape index (κ1) is 25.6. The standard InChI is InChI=1S/C24H32N2O8/c1-15(27)33-20(23(30)34-24(2,3)4)19-22(29)26(11-12-32-19)17-8-6-7-16(13-17)21(28)25-10-9-18(14-25)31-5/h6-8,13,18-20H,9-12,14H2,1-5H3/t18-,19-,20-/m1/s1. The van der Waals surface area contributed by atoms with Gasteiger partial charge in [0.15, 0.2) is 6.10 Å². The summed E-state index contributed by atoms with van der Waals surface area (Å²) in [5.41, 5.74) is 0.0741. The van der Waals surface area contributed by atoms with Gasteiger partial charge in [-0.2, -0.15) is 0 Å². The summed E-state index contributed by atoms with van der Waals surface area (Å²) in [6.45, 7) is 7.58. The number of hydrogen-bond donors (Lipinski definition) is 0. The minimum absolute atomic E-state index is 0.0137. The highest BCUT2D eigenvalue weighted by Crippen LogP contribution is 2.25. The average Bonchev–Trinajstić information content (AvgIpc) is 3.25. The van der Waals surface area contributed by atoms with Gasteiger partial charge in [0, 0.05) is 44.9 Å². The second kappa shape index (κ2) is 10.5. The van der Waals surface area contributed by atoms with Crippen molar-refractivity contribution in [2.45, 2.75) is 58.0 Å². The van der Waals surface area contributed by atoms with E-state index in [2.05, 4.69) is 0 Å². The van der Waals surface area contributed by atoms with Crippen molar-refractivity contribution >= 4 is 29.4 Å². The molecule has 1 aromatic rings. The summed E-state index contributed by atoms with van der Waals surface area (Å²) < 4.78 is 21.4. The lowest BCUT2D eigenvalue weighted by molar-refractivity contribution is -0.188. The van der Waals surface area contributed by atoms with Gasteiger partial charge in [0.1, 0.15) is 5.60 Å². The van der Waals surface area contributed by atoms with Crippen LogP contribution in [-0.4, -0.2) is 85.9 Å². The number of likely N-dealkylation sites (tertiary alicyclic amines) is 1. The van der Waals surface area contributed by atoms with Gasteiger partial charge < -0.3 is 28.7 Å². The quantitative estimate of drug-likeness (QED) is 0.569. The summed E-state index contributed by atoms with van der Waals surface area (Å²) in [4.78, 5) is 53.8. The lowest BCUT2D eigenvalue weighted by Crippen LogP contribution is -2.56. The van der Waals surface area contributed by atoms with Crippen LogP contribution in [0.3, 0.4) is 0 Å². The summed E-state index contributed by atoms with van der Waals surface area (Å²) in [6.07, 6.45) is -2.13. The summed E-state index contributed by atoms with van der Waals surface area (Å²) in [5.74, 6) is -2.32. The van der Waals surface area contributed by atoms with Crippen molar-refractivity contribution < 1.29 is 38.1 Å². The van der Waals surface area contributed by atoms with Crippen molar-refractivity contribution in [3.63, 3.8) is 0 Å². The molecule has 2 aliphatic rings. The van der Waals surface area contributed by atoms with Gasteiger partial charge in [0.05, 0.1) is 12.7 Å². The molecule has 34 heavy (non-hydrogen) atoms. The van der Waals surface area contributed by atoms with Gasteiger partial charge in [0.25, 0.3) is 11.8 Å². The van der Waals surface area contributed by atoms with Crippen LogP contribution in [0.2, 0.25) is 0 Å². The molecule has 2 heterocycles. The number of esters is 2. The Bertz CT molecular complexity index is 941. The zero-order valence-electron chi connectivity index (χ0n) is 20.2. The molecule has 0 radical (unpaired) electrons. The molecule has 10 nitrogen and oxygen atoms in total. The Morgan fingerprint density at radius 3 is 2.53 bits per heavy atom. The SMILES string of the molecule is CO[C@@H]1CCN(C(=O)c2cccc(N3CCO[C@H]([C@@H](OC(C)=O)C(=O)OC(C)(C)C)C3=O)c2)C1. The lowest BCUT2D eigenvalue weighted by atomic mass is 10.1. The number of carbonyl (C=O) groups is 4. The van der Waals surface area contributed by atoms with Crippen molar-refractivity contribution in [1.29, 1.82) is 0 Å². The van der Waals surface area contributed by atoms with E-state index in [0.717, 1.165) is 13.3 Å². The van der Waals surface area contributed by atoms with Crippen LogP contribution < -0.4 is 4.90 Å². The van der Waals surface area contributed by atoms with E-state index in [-0.39, 0.29) is 25.2 Å². The predicted molar refractivity (Wildman–Crippen MR) is 121 cm³/mol. The van der Waals surface area contributed by atoms with Crippen LogP contribution in [0.25, 0.3) is 0 Å². The van der Waals surface area contributed by atoms with Crippen molar-refractivity contribution in [2.24, 2.45) is 0 Å². The maximum Gasteiger partial charge on any atom is 0.351 e. The zero-order valence-corrected chi connectivity index (χ0v) is 20.2. The first-order chi connectivity index (χ1) is 16.0. The molecule has 0 unspecified atom stereocenters. The average molecular weight is 477 g/mol. The summed E-state index contributed by atoms with van der Waals surface area (Å²) >= 11 is 0. The highest BCUT2D eigenvalue weighted by molar-refractivity contribution is 6.02. The fourth-order valence-electron chi connectivity index (χ4n) is 3.95. The zero-order chi connectivity index (χ0) is 25.0. The third-order valence-electron chi connectivity index (χ3n) is 5.50. The third kappa shape index (κ3) is 6.12. The van der Waals surface area contributed by atoms with Gasteiger partial charge in [-0.15, -0.1) is 0 Å². The van der Waals surface area contributed by atoms with Gasteiger partial charge in [-0.05, 0) is 45.4 Å². The second-order valence-corrected chi connectivity index (χ2v) is 9.29. The molecular weight excluding hydrogens is 444 g/mol. The van der Waals surface area contributed by atoms with Crippen molar-refractivity contribution in [3.05, 3.63) is 29.8 Å². The maximum atomic E-state index is 13.3. The Morgan fingerprint density at radius 1 is 1.18 bits per heavy atom. The minimum atomic E-state index is -1.55. The Labute approximate surface area is 199 Å². The Balaban J connectivity index is 1.81. The van der Waals surface area contributed by atoms with Crippen LogP contribution in [0.5, 0.6) is 0 Å². The smallest absolute Gasteiger partial charge is 0.351 e. The number of anilines is 1. The van der Waals surface area contributed by atoms with E-state index < -0.39 is 35.7 Å². The molecule has 3 atom stereocenters. The van der Waals surface area contributed by atoms with Crippen molar-refractivity contribution in [3.8, 4) is 0 Å². The van der Waals surface area contributed by atoms with Crippen LogP contribution in [0.4, 0.5) is 5.69 Å². The fraction of sp³-hybridized carbons (Fsp3) is 0.583. The molecule has 10 heteroatoms. The molecule has 0 bridgehead atoms. The molecule has 0 aliphatic carbocycles. The van der Waals surface area contributed by atoms with E-state index in [1.807, 2.05) is 0 Å². The number of nitrogens with zero attached hydrogens (tertiary/aromatic N) is 2. The summed E-state index contributed by atoms with van der Waals surface area (Å²) in [5, 5.41) is 0. The lowest BCUT2D eigenvalue weighted by Gasteiger charge is -2.35. The number of amides is 2. The highest BCUT2D eigenvalue weighted by Gasteiger charge is 2.44. The monoisotopic (exact) mass is 476 g/mol. The van der Waals surface area contributed by atoms with Crippen LogP contribution in [0.15, 0.2) is 24.3 Å². The molecule has 0 N–H and O–H groups in total. The molecule has 2 aliphatic heterocycles. The Hall–Kier alpha value is -2.98. The van der Waals surface area contributed by atoms with Gasteiger partial charge in [-0.1, -0.05) is 6.07 Å². The van der Waals surface area contributed by atoms with Gasteiger partial charge in [-0.3, -0.25) is 14.4 Å². The van der Waals surface area contributed by atoms with E-state index in [4.69, 9.17) is 18.9 Å². The largest absolute Gasteiger partial charge is 0.457 e. The highest BCUT2D eigenvalue weighted by atomic mass is 16.6. The Kier molecular flexibility index (Phi) is 7.93. The van der Waals surface area contributed by atoms with Crippen molar-refractivity contribution in [1.82, 2.24) is 4.90 Å². The van der Waals surface area contributed by atoms with E-state index in [1.54, 1.807) is 57.0 Å². The number of benzene rings is 1. The number of rotatable bonds is 6. The fourth-order valence-corrected chi connectivity index (χ4v) is 3.95. The number of carbonyl (C=O) groups excluding carboxylic acids is 4. The molecule has 0 saturated carbocycles. The van der Waals surface area contributed by atoms with Crippen LogP contribution in [-0.2, 0) is 33.3 Å². The third-order valence-corrected chi connectivity index (χ3v) is 5.50. The van der Waals surface area contributed by atoms with Gasteiger partial charge >= 0.3 is 11.9 Å². The maximum absolute atomic E-state index is 13.3. The number of hydrogen-bond acceptors (Lipinski definition) is 8. The van der Waals surface area contributed by atoms with Gasteiger partial charge in [0.2, 0.25) is 6.10 Å². The molecule has 2 saturated heterocycles. The Morgan fingerprint density at radius 2 is 1.91 bits per heavy atom. The first-order valence-electron chi connectivity index (χ1n) is 11.3. The summed E-state index contributed by atoms with van der Waals surface area (Å²) in [7, 11) is 1.63. The number of ether oxygens (including phenoxy) is 4. The van der Waals surface area contributed by atoms with Crippen LogP contribution in [0, 0.1) is 0 Å². The van der Waals surface area contributed by atoms with E-state index >= 15 is 0 Å². The van der Waals surface area contributed by atoms with Crippen LogP contribution >= 0.6 is 0 Å². The summed E-state index contributed by atoms with van der Waals surface area (Å²) in [6, 6.07) is 6.72. The normalized spacial score (nSPS) is 21.9. The van der Waals surface area contributed by atoms with E-state index in [9.17, 15) is 19.2 Å². The molecule has 186 valence electrons. The molecule has 0 aromatic heterocycles. The van der Waals surface area contributed by atoms with Gasteiger partial charge in [-0.25, -0.2) is 4.79 Å². The number of methoxy groups -OCH3 is 1. The topological polar surface area (TPSA) is 112 Å². The van der Waals surface area contributed by atoms with E-state index in [0.29, 0.717) is 24.3 Å². The molecule has 1 aromatic carbocycles. The predicted octanol–water partition coefficient (Wildman–Crippen LogP) is 1.55. The van der Waals surface area contributed by atoms with Crippen LogP contribution in [0.1, 0.15) is 44.5 Å². The molecule has 0 spiro atoms. The number of morpholine rings is 1.